The Morgan fingerprint density at radius 2 is 2.22 bits per heavy atom. The molecule has 0 saturated carbocycles. The first-order valence-electron chi connectivity index (χ1n) is 5.22. The summed E-state index contributed by atoms with van der Waals surface area (Å²) >= 11 is 4.89. The SMILES string of the molecule is COCCNC(=S)NNC(=O)c1cccc(F)c1. The van der Waals surface area contributed by atoms with E-state index < -0.39 is 11.7 Å². The standard InChI is InChI=1S/C11H14FN3O2S/c1-17-6-5-13-11(18)15-14-10(16)8-3-2-4-9(12)7-8/h2-4,7H,5-6H2,1H3,(H,14,16)(H2,13,15,18). The zero-order valence-electron chi connectivity index (χ0n) is 9.83. The second-order valence-corrected chi connectivity index (χ2v) is 3.75. The number of halogens is 1. The first kappa shape index (κ1) is 14.3. The number of thiocarbonyl (C=S) groups is 1. The van der Waals surface area contributed by atoms with Crippen molar-refractivity contribution in [2.75, 3.05) is 20.3 Å². The Bertz CT molecular complexity index is 429. The molecule has 7 heteroatoms. The van der Waals surface area contributed by atoms with Gasteiger partial charge in [-0.15, -0.1) is 0 Å². The lowest BCUT2D eigenvalue weighted by Crippen LogP contribution is -2.47. The van der Waals surface area contributed by atoms with E-state index in [0.717, 1.165) is 6.07 Å². The van der Waals surface area contributed by atoms with Gasteiger partial charge in [-0.1, -0.05) is 6.07 Å². The van der Waals surface area contributed by atoms with Gasteiger partial charge < -0.3 is 10.1 Å². The fourth-order valence-corrected chi connectivity index (χ4v) is 1.28. The summed E-state index contributed by atoms with van der Waals surface area (Å²) in [5, 5.41) is 3.07. The fraction of sp³-hybridized carbons (Fsp3) is 0.273. The van der Waals surface area contributed by atoms with Crippen LogP contribution in [0.2, 0.25) is 0 Å². The van der Waals surface area contributed by atoms with Crippen molar-refractivity contribution >= 4 is 23.2 Å². The molecule has 0 radical (unpaired) electrons. The Labute approximate surface area is 110 Å². The lowest BCUT2D eigenvalue weighted by Gasteiger charge is -2.11. The highest BCUT2D eigenvalue weighted by molar-refractivity contribution is 7.80. The number of methoxy groups -OCH3 is 1. The molecule has 98 valence electrons. The molecule has 18 heavy (non-hydrogen) atoms. The second kappa shape index (κ2) is 7.57. The van der Waals surface area contributed by atoms with Gasteiger partial charge in [0.05, 0.1) is 6.61 Å². The van der Waals surface area contributed by atoms with Gasteiger partial charge in [0.1, 0.15) is 5.82 Å². The number of hydrogen-bond acceptors (Lipinski definition) is 3. The average molecular weight is 271 g/mol. The molecule has 1 rings (SSSR count). The topological polar surface area (TPSA) is 62.4 Å². The predicted octanol–water partition coefficient (Wildman–Crippen LogP) is 0.581. The maximum atomic E-state index is 12.9. The number of carbonyl (C=O) groups is 1. The largest absolute Gasteiger partial charge is 0.383 e. The highest BCUT2D eigenvalue weighted by Crippen LogP contribution is 2.02. The van der Waals surface area contributed by atoms with Gasteiger partial charge in [-0.05, 0) is 30.4 Å². The molecule has 0 fully saturated rings. The van der Waals surface area contributed by atoms with Crippen molar-refractivity contribution in [2.45, 2.75) is 0 Å². The molecule has 0 aliphatic carbocycles. The number of hydrazine groups is 1. The van der Waals surface area contributed by atoms with Crippen LogP contribution < -0.4 is 16.2 Å². The zero-order chi connectivity index (χ0) is 13.4. The van der Waals surface area contributed by atoms with E-state index in [1.807, 2.05) is 0 Å². The Morgan fingerprint density at radius 1 is 1.44 bits per heavy atom. The van der Waals surface area contributed by atoms with E-state index in [-0.39, 0.29) is 10.7 Å². The van der Waals surface area contributed by atoms with Gasteiger partial charge in [0.25, 0.3) is 5.91 Å². The number of ether oxygens (including phenoxy) is 1. The van der Waals surface area contributed by atoms with E-state index in [1.165, 1.54) is 18.2 Å². The van der Waals surface area contributed by atoms with Crippen LogP contribution in [-0.4, -0.2) is 31.3 Å². The Kier molecular flexibility index (Phi) is 6.03. The summed E-state index contributed by atoms with van der Waals surface area (Å²) in [6, 6.07) is 5.36. The minimum absolute atomic E-state index is 0.210. The third kappa shape index (κ3) is 5.07. The van der Waals surface area contributed by atoms with Crippen LogP contribution in [0.3, 0.4) is 0 Å². The molecule has 0 bridgehead atoms. The number of amides is 1. The lowest BCUT2D eigenvalue weighted by molar-refractivity contribution is 0.0943. The third-order valence-corrected chi connectivity index (χ3v) is 2.21. The van der Waals surface area contributed by atoms with Gasteiger partial charge in [-0.25, -0.2) is 4.39 Å². The number of nitrogens with one attached hydrogen (secondary N) is 3. The normalized spacial score (nSPS) is 9.67. The molecule has 0 heterocycles. The van der Waals surface area contributed by atoms with Crippen LogP contribution in [0.1, 0.15) is 10.4 Å². The molecule has 1 amide bonds. The fourth-order valence-electron chi connectivity index (χ4n) is 1.13. The van der Waals surface area contributed by atoms with Gasteiger partial charge >= 0.3 is 0 Å². The monoisotopic (exact) mass is 271 g/mol. The molecular formula is C11H14FN3O2S. The van der Waals surface area contributed by atoms with Crippen LogP contribution in [0.4, 0.5) is 4.39 Å². The van der Waals surface area contributed by atoms with E-state index in [9.17, 15) is 9.18 Å². The molecule has 1 aromatic carbocycles. The van der Waals surface area contributed by atoms with Gasteiger partial charge in [0, 0.05) is 19.2 Å². The van der Waals surface area contributed by atoms with E-state index >= 15 is 0 Å². The molecule has 3 N–H and O–H groups in total. The minimum Gasteiger partial charge on any atom is -0.383 e. The summed E-state index contributed by atoms with van der Waals surface area (Å²) in [5.41, 5.74) is 5.07. The Hall–Kier alpha value is -1.73. The maximum Gasteiger partial charge on any atom is 0.269 e. The summed E-state index contributed by atoms with van der Waals surface area (Å²) in [6.45, 7) is 1.03. The van der Waals surface area contributed by atoms with E-state index in [2.05, 4.69) is 16.2 Å². The van der Waals surface area contributed by atoms with Crippen molar-refractivity contribution in [2.24, 2.45) is 0 Å². The van der Waals surface area contributed by atoms with Crippen LogP contribution in [0.15, 0.2) is 24.3 Å². The summed E-state index contributed by atoms with van der Waals surface area (Å²) in [5.74, 6) is -0.936. The number of hydrogen-bond donors (Lipinski definition) is 3. The molecule has 1 aromatic rings. The summed E-state index contributed by atoms with van der Waals surface area (Å²) < 4.78 is 17.7. The highest BCUT2D eigenvalue weighted by atomic mass is 32.1. The third-order valence-electron chi connectivity index (χ3n) is 1.97. The van der Waals surface area contributed by atoms with Crippen molar-refractivity contribution in [1.29, 1.82) is 0 Å². The molecule has 0 atom stereocenters. The molecule has 5 nitrogen and oxygen atoms in total. The maximum absolute atomic E-state index is 12.9. The molecular weight excluding hydrogens is 257 g/mol. The number of carbonyl (C=O) groups excluding carboxylic acids is 1. The summed E-state index contributed by atoms with van der Waals surface area (Å²) in [4.78, 5) is 11.6. The zero-order valence-corrected chi connectivity index (χ0v) is 10.6. The van der Waals surface area contributed by atoms with Crippen LogP contribution in [0, 0.1) is 5.82 Å². The smallest absolute Gasteiger partial charge is 0.269 e. The van der Waals surface area contributed by atoms with Crippen LogP contribution in [0.5, 0.6) is 0 Å². The van der Waals surface area contributed by atoms with E-state index in [0.29, 0.717) is 13.2 Å². The van der Waals surface area contributed by atoms with E-state index in [1.54, 1.807) is 7.11 Å². The molecule has 0 unspecified atom stereocenters. The van der Waals surface area contributed by atoms with Gasteiger partial charge in [-0.2, -0.15) is 0 Å². The van der Waals surface area contributed by atoms with Gasteiger partial charge in [-0.3, -0.25) is 15.6 Å². The minimum atomic E-state index is -0.469. The molecule has 0 aliphatic rings. The van der Waals surface area contributed by atoms with Crippen LogP contribution in [0.25, 0.3) is 0 Å². The van der Waals surface area contributed by atoms with Crippen LogP contribution >= 0.6 is 12.2 Å². The molecule has 0 spiro atoms. The number of benzene rings is 1. The first-order chi connectivity index (χ1) is 8.63. The molecule has 0 saturated heterocycles. The quantitative estimate of drug-likeness (QED) is 0.425. The molecule has 0 aromatic heterocycles. The van der Waals surface area contributed by atoms with Gasteiger partial charge in [0.15, 0.2) is 5.11 Å². The predicted molar refractivity (Wildman–Crippen MR) is 69.5 cm³/mol. The van der Waals surface area contributed by atoms with Crippen molar-refractivity contribution < 1.29 is 13.9 Å². The van der Waals surface area contributed by atoms with E-state index in [4.69, 9.17) is 17.0 Å². The van der Waals surface area contributed by atoms with Gasteiger partial charge in [0.2, 0.25) is 0 Å². The Balaban J connectivity index is 2.35. The number of rotatable bonds is 4. The second-order valence-electron chi connectivity index (χ2n) is 3.34. The van der Waals surface area contributed by atoms with Crippen molar-refractivity contribution in [3.8, 4) is 0 Å². The summed E-state index contributed by atoms with van der Waals surface area (Å²) in [7, 11) is 1.57. The van der Waals surface area contributed by atoms with Crippen molar-refractivity contribution in [3.63, 3.8) is 0 Å². The van der Waals surface area contributed by atoms with Crippen LogP contribution in [-0.2, 0) is 4.74 Å². The highest BCUT2D eigenvalue weighted by Gasteiger charge is 2.06. The Morgan fingerprint density at radius 3 is 2.89 bits per heavy atom. The van der Waals surface area contributed by atoms with Crippen molar-refractivity contribution in [1.82, 2.24) is 16.2 Å². The molecule has 0 aliphatic heterocycles. The average Bonchev–Trinajstić information content (AvgIpc) is 2.36. The first-order valence-corrected chi connectivity index (χ1v) is 5.63. The summed E-state index contributed by atoms with van der Waals surface area (Å²) in [6.07, 6.45) is 0. The van der Waals surface area contributed by atoms with Crippen molar-refractivity contribution in [3.05, 3.63) is 35.6 Å². The lowest BCUT2D eigenvalue weighted by atomic mass is 10.2.